The lowest BCUT2D eigenvalue weighted by atomic mass is 9.95. The topological polar surface area (TPSA) is 88.9 Å². The fraction of sp³-hybridized carbons (Fsp3) is 0.684. The summed E-state index contributed by atoms with van der Waals surface area (Å²) in [5.74, 6) is 0.523. The molecule has 0 bridgehead atoms. The van der Waals surface area contributed by atoms with Crippen LogP contribution in [-0.2, 0) is 14.8 Å². The Morgan fingerprint density at radius 2 is 1.75 bits per heavy atom. The first-order chi connectivity index (χ1) is 13.2. The van der Waals surface area contributed by atoms with Crippen LogP contribution in [0.25, 0.3) is 0 Å². The number of sulfonamides is 1. The number of aryl methyl sites for hydroxylation is 1. The summed E-state index contributed by atoms with van der Waals surface area (Å²) >= 11 is 0. The van der Waals surface area contributed by atoms with Crippen molar-refractivity contribution in [2.24, 2.45) is 5.92 Å². The van der Waals surface area contributed by atoms with E-state index in [1.54, 1.807) is 4.90 Å². The number of pyridine rings is 1. The first-order valence-electron chi connectivity index (χ1n) is 9.86. The van der Waals surface area contributed by atoms with Gasteiger partial charge in [-0.2, -0.15) is 0 Å². The molecule has 2 saturated heterocycles. The minimum absolute atomic E-state index is 0.0256. The number of ether oxygens (including phenoxy) is 1. The molecule has 4 rings (SSSR count). The molecule has 0 spiro atoms. The summed E-state index contributed by atoms with van der Waals surface area (Å²) in [6.07, 6.45) is 4.35. The zero-order chi connectivity index (χ0) is 20.1. The van der Waals surface area contributed by atoms with Crippen LogP contribution in [0.1, 0.15) is 37.4 Å². The van der Waals surface area contributed by atoms with E-state index in [1.165, 1.54) is 16.6 Å². The summed E-state index contributed by atoms with van der Waals surface area (Å²) in [4.78, 5) is 26.7. The van der Waals surface area contributed by atoms with Crippen LogP contribution < -0.4 is 10.3 Å². The van der Waals surface area contributed by atoms with Crippen molar-refractivity contribution in [3.05, 3.63) is 28.2 Å². The largest absolute Gasteiger partial charge is 0.486 e. The highest BCUT2D eigenvalue weighted by Gasteiger charge is 2.38. The SMILES string of the molecule is Cc1cc(OC2CN(C(=O)C3CCN(S(C)(=O)=O)CC3)C2)cc(=O)n1C1CC1. The average molecular weight is 410 g/mol. The molecule has 0 N–H and O–H groups in total. The smallest absolute Gasteiger partial charge is 0.254 e. The Morgan fingerprint density at radius 3 is 2.29 bits per heavy atom. The van der Waals surface area contributed by atoms with E-state index in [-0.39, 0.29) is 23.5 Å². The fourth-order valence-corrected chi connectivity index (χ4v) is 5.00. The lowest BCUT2D eigenvalue weighted by Crippen LogP contribution is -2.58. The number of likely N-dealkylation sites (tertiary alicyclic amines) is 1. The molecule has 1 amide bonds. The highest BCUT2D eigenvalue weighted by molar-refractivity contribution is 7.88. The van der Waals surface area contributed by atoms with Crippen molar-refractivity contribution in [2.75, 3.05) is 32.4 Å². The third kappa shape index (κ3) is 3.96. The predicted molar refractivity (Wildman–Crippen MR) is 104 cm³/mol. The number of amides is 1. The quantitative estimate of drug-likeness (QED) is 0.716. The van der Waals surface area contributed by atoms with Gasteiger partial charge in [0.1, 0.15) is 11.9 Å². The van der Waals surface area contributed by atoms with E-state index in [9.17, 15) is 18.0 Å². The van der Waals surface area contributed by atoms with Gasteiger partial charge in [-0.15, -0.1) is 0 Å². The Hall–Kier alpha value is -1.87. The summed E-state index contributed by atoms with van der Waals surface area (Å²) in [7, 11) is -3.18. The maximum absolute atomic E-state index is 12.6. The first kappa shape index (κ1) is 19.4. The number of piperidine rings is 1. The molecule has 3 heterocycles. The van der Waals surface area contributed by atoms with Crippen LogP contribution >= 0.6 is 0 Å². The molecule has 0 radical (unpaired) electrons. The molecule has 28 heavy (non-hydrogen) atoms. The molecule has 1 saturated carbocycles. The Labute approximate surface area is 165 Å². The van der Waals surface area contributed by atoms with Crippen molar-refractivity contribution in [3.8, 4) is 5.75 Å². The molecule has 1 aromatic rings. The van der Waals surface area contributed by atoms with Gasteiger partial charge in [-0.1, -0.05) is 0 Å². The van der Waals surface area contributed by atoms with Gasteiger partial charge in [0.25, 0.3) is 5.56 Å². The van der Waals surface area contributed by atoms with Crippen LogP contribution in [0, 0.1) is 12.8 Å². The van der Waals surface area contributed by atoms with Crippen LogP contribution in [0.3, 0.4) is 0 Å². The highest BCUT2D eigenvalue weighted by atomic mass is 32.2. The number of hydrogen-bond acceptors (Lipinski definition) is 5. The van der Waals surface area contributed by atoms with Crippen LogP contribution in [-0.4, -0.2) is 66.6 Å². The van der Waals surface area contributed by atoms with Crippen LogP contribution in [0.4, 0.5) is 0 Å². The maximum atomic E-state index is 12.6. The summed E-state index contributed by atoms with van der Waals surface area (Å²) in [5.41, 5.74) is 0.886. The van der Waals surface area contributed by atoms with E-state index in [4.69, 9.17) is 4.74 Å². The molecule has 9 heteroatoms. The highest BCUT2D eigenvalue weighted by Crippen LogP contribution is 2.35. The second-order valence-electron chi connectivity index (χ2n) is 8.19. The predicted octanol–water partition coefficient (Wildman–Crippen LogP) is 0.753. The zero-order valence-electron chi connectivity index (χ0n) is 16.3. The second kappa shape index (κ2) is 7.18. The van der Waals surface area contributed by atoms with E-state index in [1.807, 2.05) is 17.6 Å². The third-order valence-electron chi connectivity index (χ3n) is 5.88. The molecule has 0 aromatic carbocycles. The Bertz CT molecular complexity index is 923. The molecular formula is C19H27N3O5S. The summed E-state index contributed by atoms with van der Waals surface area (Å²) < 4.78 is 32.3. The second-order valence-corrected chi connectivity index (χ2v) is 10.2. The molecule has 2 aliphatic heterocycles. The molecule has 0 atom stereocenters. The van der Waals surface area contributed by atoms with Crippen molar-refractivity contribution in [3.63, 3.8) is 0 Å². The van der Waals surface area contributed by atoms with Crippen molar-refractivity contribution in [1.29, 1.82) is 0 Å². The summed E-state index contributed by atoms with van der Waals surface area (Å²) in [6, 6.07) is 3.77. The fourth-order valence-electron chi connectivity index (χ4n) is 4.13. The molecule has 3 fully saturated rings. The minimum atomic E-state index is -3.18. The number of carbonyl (C=O) groups excluding carboxylic acids is 1. The van der Waals surface area contributed by atoms with E-state index in [0.29, 0.717) is 50.8 Å². The van der Waals surface area contributed by atoms with Gasteiger partial charge in [-0.25, -0.2) is 12.7 Å². The van der Waals surface area contributed by atoms with Crippen LogP contribution in [0.5, 0.6) is 5.75 Å². The molecule has 8 nitrogen and oxygen atoms in total. The van der Waals surface area contributed by atoms with Crippen molar-refractivity contribution in [2.45, 2.75) is 44.8 Å². The lowest BCUT2D eigenvalue weighted by Gasteiger charge is -2.42. The van der Waals surface area contributed by atoms with Gasteiger partial charge in [-0.05, 0) is 38.7 Å². The number of rotatable bonds is 5. The van der Waals surface area contributed by atoms with Crippen molar-refractivity contribution < 1.29 is 17.9 Å². The minimum Gasteiger partial charge on any atom is -0.486 e. The molecule has 1 aliphatic carbocycles. The van der Waals surface area contributed by atoms with Crippen molar-refractivity contribution in [1.82, 2.24) is 13.8 Å². The van der Waals surface area contributed by atoms with Gasteiger partial charge in [0.2, 0.25) is 15.9 Å². The molecule has 154 valence electrons. The summed E-state index contributed by atoms with van der Waals surface area (Å²) in [6.45, 7) is 3.75. The van der Waals surface area contributed by atoms with E-state index >= 15 is 0 Å². The molecule has 1 aromatic heterocycles. The zero-order valence-corrected chi connectivity index (χ0v) is 17.2. The van der Waals surface area contributed by atoms with Gasteiger partial charge in [0.05, 0.1) is 19.3 Å². The number of carbonyl (C=O) groups is 1. The lowest BCUT2D eigenvalue weighted by molar-refractivity contribution is -0.145. The summed E-state index contributed by atoms with van der Waals surface area (Å²) in [5, 5.41) is 0. The monoisotopic (exact) mass is 409 g/mol. The van der Waals surface area contributed by atoms with Gasteiger partial charge in [0.15, 0.2) is 0 Å². The molecular weight excluding hydrogens is 382 g/mol. The van der Waals surface area contributed by atoms with Gasteiger partial charge < -0.3 is 14.2 Å². The number of hydrogen-bond donors (Lipinski definition) is 0. The Kier molecular flexibility index (Phi) is 4.99. The van der Waals surface area contributed by atoms with E-state index in [0.717, 1.165) is 18.5 Å². The maximum Gasteiger partial charge on any atom is 0.254 e. The van der Waals surface area contributed by atoms with E-state index < -0.39 is 10.0 Å². The molecule has 0 unspecified atom stereocenters. The van der Waals surface area contributed by atoms with E-state index in [2.05, 4.69) is 0 Å². The standard InChI is InChI=1S/C19H27N3O5S/c1-13-9-16(10-18(23)22(13)15-3-4-15)27-17-11-20(12-17)19(24)14-5-7-21(8-6-14)28(2,25)26/h9-10,14-15,17H,3-8,11-12H2,1-2H3. The van der Waals surface area contributed by atoms with Crippen molar-refractivity contribution >= 4 is 15.9 Å². The normalized spacial score (nSPS) is 22.1. The average Bonchev–Trinajstić information content (AvgIpc) is 3.41. The molecule has 3 aliphatic rings. The number of nitrogens with zero attached hydrogens (tertiary/aromatic N) is 3. The van der Waals surface area contributed by atoms with Crippen LogP contribution in [0.2, 0.25) is 0 Å². The Balaban J connectivity index is 1.28. The van der Waals surface area contributed by atoms with Gasteiger partial charge in [-0.3, -0.25) is 9.59 Å². The number of aromatic nitrogens is 1. The first-order valence-corrected chi connectivity index (χ1v) is 11.7. The van der Waals surface area contributed by atoms with Gasteiger partial charge in [0, 0.05) is 36.8 Å². The Morgan fingerprint density at radius 1 is 1.11 bits per heavy atom. The van der Waals surface area contributed by atoms with Gasteiger partial charge >= 0.3 is 0 Å². The third-order valence-corrected chi connectivity index (χ3v) is 7.18. The van der Waals surface area contributed by atoms with Crippen LogP contribution in [0.15, 0.2) is 16.9 Å².